The van der Waals surface area contributed by atoms with Crippen molar-refractivity contribution in [1.29, 1.82) is 0 Å². The summed E-state index contributed by atoms with van der Waals surface area (Å²) in [4.78, 5) is 0.409. The van der Waals surface area contributed by atoms with E-state index < -0.39 is 9.84 Å². The Balaban J connectivity index is 2.54. The fourth-order valence-electron chi connectivity index (χ4n) is 2.02. The fourth-order valence-corrected chi connectivity index (χ4v) is 3.62. The molecule has 0 aromatic heterocycles. The van der Waals surface area contributed by atoms with Gasteiger partial charge in [0.25, 0.3) is 0 Å². The fraction of sp³-hybridized carbons (Fsp3) is 0.571. The van der Waals surface area contributed by atoms with E-state index in [1.165, 1.54) is 0 Å². The second-order valence-electron chi connectivity index (χ2n) is 4.58. The summed E-state index contributed by atoms with van der Waals surface area (Å²) in [5.41, 5.74) is 0. The molecule has 1 aromatic carbocycles. The standard InChI is InChI=1S/C14H22BrNO2S/c1-3-13(16-4-2)6-5-11-19(17,18)14-9-7-12(15)8-10-14/h7-10,13,16H,3-6,11H2,1-2H3. The van der Waals surface area contributed by atoms with Gasteiger partial charge in [-0.2, -0.15) is 0 Å². The molecule has 0 saturated heterocycles. The highest BCUT2D eigenvalue weighted by atomic mass is 79.9. The normalized spacial score (nSPS) is 13.4. The summed E-state index contributed by atoms with van der Waals surface area (Å²) < 4.78 is 25.2. The van der Waals surface area contributed by atoms with E-state index in [-0.39, 0.29) is 5.75 Å². The van der Waals surface area contributed by atoms with Crippen LogP contribution in [0.15, 0.2) is 33.6 Å². The van der Waals surface area contributed by atoms with E-state index in [4.69, 9.17) is 0 Å². The Hall–Kier alpha value is -0.390. The van der Waals surface area contributed by atoms with Gasteiger partial charge in [0.1, 0.15) is 0 Å². The lowest BCUT2D eigenvalue weighted by molar-refractivity contribution is 0.475. The number of hydrogen-bond donors (Lipinski definition) is 1. The smallest absolute Gasteiger partial charge is 0.178 e. The first-order valence-electron chi connectivity index (χ1n) is 6.71. The zero-order valence-electron chi connectivity index (χ0n) is 11.5. The van der Waals surface area contributed by atoms with Crippen LogP contribution in [0.25, 0.3) is 0 Å². The first-order chi connectivity index (χ1) is 8.99. The molecule has 0 aliphatic rings. The van der Waals surface area contributed by atoms with Crippen molar-refractivity contribution in [2.45, 2.75) is 44.0 Å². The van der Waals surface area contributed by atoms with Crippen LogP contribution in [0.1, 0.15) is 33.1 Å². The van der Waals surface area contributed by atoms with Gasteiger partial charge in [0.2, 0.25) is 0 Å². The molecule has 1 aromatic rings. The van der Waals surface area contributed by atoms with Gasteiger partial charge in [-0.05, 0) is 50.1 Å². The molecule has 0 spiro atoms. The third-order valence-electron chi connectivity index (χ3n) is 3.12. The Labute approximate surface area is 124 Å². The van der Waals surface area contributed by atoms with Gasteiger partial charge < -0.3 is 5.32 Å². The van der Waals surface area contributed by atoms with Gasteiger partial charge in [0.15, 0.2) is 9.84 Å². The van der Waals surface area contributed by atoms with Gasteiger partial charge in [-0.15, -0.1) is 0 Å². The average Bonchev–Trinajstić information content (AvgIpc) is 2.38. The highest BCUT2D eigenvalue weighted by Gasteiger charge is 2.15. The maximum absolute atomic E-state index is 12.1. The molecule has 0 bridgehead atoms. The van der Waals surface area contributed by atoms with E-state index in [1.54, 1.807) is 24.3 Å². The first-order valence-corrected chi connectivity index (χ1v) is 9.15. The van der Waals surface area contributed by atoms with Crippen molar-refractivity contribution in [2.75, 3.05) is 12.3 Å². The van der Waals surface area contributed by atoms with Crippen LogP contribution in [0.3, 0.4) is 0 Å². The summed E-state index contributed by atoms with van der Waals surface area (Å²) in [6, 6.07) is 7.26. The number of benzene rings is 1. The molecule has 0 heterocycles. The molecule has 1 unspecified atom stereocenters. The second-order valence-corrected chi connectivity index (χ2v) is 7.60. The molecular formula is C14H22BrNO2S. The van der Waals surface area contributed by atoms with Crippen LogP contribution in [0.4, 0.5) is 0 Å². The third kappa shape index (κ3) is 5.63. The number of halogens is 1. The average molecular weight is 348 g/mol. The lowest BCUT2D eigenvalue weighted by atomic mass is 10.1. The minimum absolute atomic E-state index is 0.219. The maximum Gasteiger partial charge on any atom is 0.178 e. The maximum atomic E-state index is 12.1. The van der Waals surface area contributed by atoms with Crippen LogP contribution >= 0.6 is 15.9 Å². The Morgan fingerprint density at radius 1 is 1.21 bits per heavy atom. The van der Waals surface area contributed by atoms with E-state index in [9.17, 15) is 8.42 Å². The first kappa shape index (κ1) is 16.7. The van der Waals surface area contributed by atoms with Gasteiger partial charge in [0.05, 0.1) is 10.6 Å². The topological polar surface area (TPSA) is 46.2 Å². The second kappa shape index (κ2) is 8.02. The molecule has 0 fully saturated rings. The Kier molecular flexibility index (Phi) is 7.04. The van der Waals surface area contributed by atoms with Crippen molar-refractivity contribution < 1.29 is 8.42 Å². The summed E-state index contributed by atoms with van der Waals surface area (Å²) in [6.45, 7) is 5.12. The number of sulfone groups is 1. The molecule has 3 nitrogen and oxygen atoms in total. The molecule has 1 atom stereocenters. The quantitative estimate of drug-likeness (QED) is 0.783. The Morgan fingerprint density at radius 3 is 2.37 bits per heavy atom. The van der Waals surface area contributed by atoms with Crippen molar-refractivity contribution in [2.24, 2.45) is 0 Å². The summed E-state index contributed by atoms with van der Waals surface area (Å²) in [6.07, 6.45) is 2.64. The SMILES string of the molecule is CCNC(CC)CCCS(=O)(=O)c1ccc(Br)cc1. The summed E-state index contributed by atoms with van der Waals surface area (Å²) in [5.74, 6) is 0.219. The van der Waals surface area contributed by atoms with Crippen molar-refractivity contribution >= 4 is 25.8 Å². The molecule has 5 heteroatoms. The summed E-state index contributed by atoms with van der Waals surface area (Å²) in [7, 11) is -3.14. The van der Waals surface area contributed by atoms with Crippen LogP contribution in [-0.2, 0) is 9.84 Å². The molecule has 108 valence electrons. The molecule has 1 rings (SSSR count). The van der Waals surface area contributed by atoms with Gasteiger partial charge in [-0.25, -0.2) is 8.42 Å². The van der Waals surface area contributed by atoms with Crippen molar-refractivity contribution in [3.8, 4) is 0 Å². The largest absolute Gasteiger partial charge is 0.314 e. The van der Waals surface area contributed by atoms with Crippen LogP contribution in [0, 0.1) is 0 Å². The molecular weight excluding hydrogens is 326 g/mol. The zero-order valence-corrected chi connectivity index (χ0v) is 13.9. The summed E-state index contributed by atoms with van der Waals surface area (Å²) >= 11 is 3.31. The van der Waals surface area contributed by atoms with Gasteiger partial charge >= 0.3 is 0 Å². The number of rotatable bonds is 8. The van der Waals surface area contributed by atoms with E-state index in [1.807, 2.05) is 0 Å². The molecule has 0 radical (unpaired) electrons. The molecule has 0 aliphatic heterocycles. The van der Waals surface area contributed by atoms with Crippen molar-refractivity contribution in [3.05, 3.63) is 28.7 Å². The van der Waals surface area contributed by atoms with Gasteiger partial charge in [0, 0.05) is 10.5 Å². The van der Waals surface area contributed by atoms with Crippen LogP contribution < -0.4 is 5.32 Å². The number of hydrogen-bond acceptors (Lipinski definition) is 3. The Morgan fingerprint density at radius 2 is 1.84 bits per heavy atom. The van der Waals surface area contributed by atoms with E-state index >= 15 is 0 Å². The van der Waals surface area contributed by atoms with Crippen LogP contribution in [0.2, 0.25) is 0 Å². The van der Waals surface area contributed by atoms with Crippen molar-refractivity contribution in [3.63, 3.8) is 0 Å². The minimum Gasteiger partial charge on any atom is -0.314 e. The highest BCUT2D eigenvalue weighted by Crippen LogP contribution is 2.17. The van der Waals surface area contributed by atoms with Crippen LogP contribution in [0.5, 0.6) is 0 Å². The zero-order chi connectivity index (χ0) is 14.3. The lowest BCUT2D eigenvalue weighted by Gasteiger charge is -2.15. The predicted molar refractivity (Wildman–Crippen MR) is 83.2 cm³/mol. The molecule has 0 aliphatic carbocycles. The molecule has 1 N–H and O–H groups in total. The van der Waals surface area contributed by atoms with E-state index in [2.05, 4.69) is 35.1 Å². The van der Waals surface area contributed by atoms with Gasteiger partial charge in [-0.3, -0.25) is 0 Å². The molecule has 0 saturated carbocycles. The Bertz CT molecular complexity index is 471. The number of nitrogens with one attached hydrogen (secondary N) is 1. The monoisotopic (exact) mass is 347 g/mol. The van der Waals surface area contributed by atoms with Gasteiger partial charge in [-0.1, -0.05) is 29.8 Å². The third-order valence-corrected chi connectivity index (χ3v) is 5.47. The summed E-state index contributed by atoms with van der Waals surface area (Å²) in [5, 5.41) is 3.36. The minimum atomic E-state index is -3.14. The molecule has 19 heavy (non-hydrogen) atoms. The molecule has 0 amide bonds. The predicted octanol–water partition coefficient (Wildman–Crippen LogP) is 3.39. The lowest BCUT2D eigenvalue weighted by Crippen LogP contribution is -2.28. The van der Waals surface area contributed by atoms with Crippen molar-refractivity contribution in [1.82, 2.24) is 5.32 Å². The van der Waals surface area contributed by atoms with E-state index in [0.717, 1.165) is 23.9 Å². The van der Waals surface area contributed by atoms with E-state index in [0.29, 0.717) is 17.4 Å². The highest BCUT2D eigenvalue weighted by molar-refractivity contribution is 9.10. The van der Waals surface area contributed by atoms with Crippen LogP contribution in [-0.4, -0.2) is 26.8 Å².